The van der Waals surface area contributed by atoms with Gasteiger partial charge in [0.25, 0.3) is 5.91 Å². The lowest BCUT2D eigenvalue weighted by atomic mass is 10.1. The summed E-state index contributed by atoms with van der Waals surface area (Å²) in [6.07, 6.45) is 1.60. The number of nitrogens with one attached hydrogen (secondary N) is 2. The van der Waals surface area contributed by atoms with Crippen molar-refractivity contribution in [3.8, 4) is 0 Å². The number of carbonyl (C=O) groups is 2. The highest BCUT2D eigenvalue weighted by Gasteiger charge is 2.24. The monoisotopic (exact) mass is 328 g/mol. The maximum absolute atomic E-state index is 12.2. The van der Waals surface area contributed by atoms with Gasteiger partial charge in [0.05, 0.1) is 4.90 Å². The third-order valence-electron chi connectivity index (χ3n) is 3.10. The van der Waals surface area contributed by atoms with E-state index in [0.717, 1.165) is 6.42 Å². The molecule has 122 valence electrons. The van der Waals surface area contributed by atoms with Crippen molar-refractivity contribution in [1.82, 2.24) is 10.0 Å². The Morgan fingerprint density at radius 3 is 2.27 bits per heavy atom. The van der Waals surface area contributed by atoms with E-state index in [9.17, 15) is 18.0 Å². The van der Waals surface area contributed by atoms with Crippen LogP contribution in [-0.4, -0.2) is 38.5 Å². The number of carboxylic acid groups (broad SMARTS) is 1. The molecule has 0 aliphatic heterocycles. The standard InChI is InChI=1S/C14H20N2O5S/c1-3-4-5-12(14(18)19)16-22(20,21)11-8-6-10(7-9-11)13(17)15-2/h6-9,12,16H,3-5H2,1-2H3,(H,15,17)(H,18,19)/t12-/m0/s1. The minimum absolute atomic E-state index is 0.0806. The Morgan fingerprint density at radius 2 is 1.82 bits per heavy atom. The van der Waals surface area contributed by atoms with Gasteiger partial charge in [-0.3, -0.25) is 9.59 Å². The highest BCUT2D eigenvalue weighted by molar-refractivity contribution is 7.89. The van der Waals surface area contributed by atoms with Crippen LogP contribution in [0.3, 0.4) is 0 Å². The molecule has 0 radical (unpaired) electrons. The third-order valence-corrected chi connectivity index (χ3v) is 4.58. The molecule has 0 aliphatic rings. The average molecular weight is 328 g/mol. The van der Waals surface area contributed by atoms with E-state index in [0.29, 0.717) is 12.0 Å². The van der Waals surface area contributed by atoms with Crippen LogP contribution in [0.15, 0.2) is 29.2 Å². The molecule has 0 aliphatic carbocycles. The number of unbranched alkanes of at least 4 members (excludes halogenated alkanes) is 1. The molecule has 1 aromatic carbocycles. The smallest absolute Gasteiger partial charge is 0.321 e. The summed E-state index contributed by atoms with van der Waals surface area (Å²) < 4.78 is 26.6. The van der Waals surface area contributed by atoms with Gasteiger partial charge in [0.15, 0.2) is 0 Å². The molecule has 1 aromatic rings. The second kappa shape index (κ2) is 7.90. The van der Waals surface area contributed by atoms with Crippen molar-refractivity contribution < 1.29 is 23.1 Å². The first-order chi connectivity index (χ1) is 10.3. The number of carboxylic acids is 1. The van der Waals surface area contributed by atoms with Crippen LogP contribution in [0.1, 0.15) is 36.5 Å². The largest absolute Gasteiger partial charge is 0.480 e. The number of hydrogen-bond donors (Lipinski definition) is 3. The maximum Gasteiger partial charge on any atom is 0.321 e. The van der Waals surface area contributed by atoms with Crippen LogP contribution < -0.4 is 10.0 Å². The molecule has 1 atom stereocenters. The number of carbonyl (C=O) groups excluding carboxylic acids is 1. The lowest BCUT2D eigenvalue weighted by molar-refractivity contribution is -0.139. The molecule has 0 spiro atoms. The minimum Gasteiger partial charge on any atom is -0.480 e. The molecular formula is C14H20N2O5S. The van der Waals surface area contributed by atoms with Crippen molar-refractivity contribution in [3.63, 3.8) is 0 Å². The van der Waals surface area contributed by atoms with E-state index >= 15 is 0 Å². The summed E-state index contributed by atoms with van der Waals surface area (Å²) >= 11 is 0. The zero-order chi connectivity index (χ0) is 16.8. The molecule has 3 N–H and O–H groups in total. The molecule has 0 saturated heterocycles. The van der Waals surface area contributed by atoms with Gasteiger partial charge in [-0.1, -0.05) is 19.8 Å². The highest BCUT2D eigenvalue weighted by Crippen LogP contribution is 2.13. The molecule has 0 unspecified atom stereocenters. The normalized spacial score (nSPS) is 12.6. The lowest BCUT2D eigenvalue weighted by Gasteiger charge is -2.14. The van der Waals surface area contributed by atoms with Crippen LogP contribution in [0.5, 0.6) is 0 Å². The summed E-state index contributed by atoms with van der Waals surface area (Å²) in [6.45, 7) is 1.89. The SMILES string of the molecule is CCCC[C@H](NS(=O)(=O)c1ccc(C(=O)NC)cc1)C(=O)O. The fourth-order valence-corrected chi connectivity index (χ4v) is 3.05. The second-order valence-corrected chi connectivity index (χ2v) is 6.47. The predicted octanol–water partition coefficient (Wildman–Crippen LogP) is 0.968. The Hall–Kier alpha value is -1.93. The number of rotatable bonds is 8. The van der Waals surface area contributed by atoms with Crippen LogP contribution >= 0.6 is 0 Å². The Labute approximate surface area is 129 Å². The quantitative estimate of drug-likeness (QED) is 0.658. The molecular weight excluding hydrogens is 308 g/mol. The van der Waals surface area contributed by atoms with Crippen LogP contribution in [0, 0.1) is 0 Å². The highest BCUT2D eigenvalue weighted by atomic mass is 32.2. The summed E-state index contributed by atoms with van der Waals surface area (Å²) in [7, 11) is -2.47. The maximum atomic E-state index is 12.2. The fraction of sp³-hybridized carbons (Fsp3) is 0.429. The molecule has 7 nitrogen and oxygen atoms in total. The number of aliphatic carboxylic acids is 1. The van der Waals surface area contributed by atoms with Crippen molar-refractivity contribution in [2.24, 2.45) is 0 Å². The molecule has 0 aromatic heterocycles. The van der Waals surface area contributed by atoms with Crippen molar-refractivity contribution in [2.75, 3.05) is 7.05 Å². The van der Waals surface area contributed by atoms with Crippen LogP contribution in [-0.2, 0) is 14.8 Å². The van der Waals surface area contributed by atoms with Crippen LogP contribution in [0.25, 0.3) is 0 Å². The molecule has 0 fully saturated rings. The van der Waals surface area contributed by atoms with Crippen molar-refractivity contribution in [1.29, 1.82) is 0 Å². The second-order valence-electron chi connectivity index (χ2n) is 4.76. The number of amides is 1. The van der Waals surface area contributed by atoms with E-state index in [-0.39, 0.29) is 17.2 Å². The predicted molar refractivity (Wildman–Crippen MR) is 81.1 cm³/mol. The summed E-state index contributed by atoms with van der Waals surface area (Å²) in [6, 6.07) is 4.12. The number of sulfonamides is 1. The van der Waals surface area contributed by atoms with Crippen molar-refractivity contribution in [3.05, 3.63) is 29.8 Å². The Bertz CT molecular complexity index is 625. The van der Waals surface area contributed by atoms with Gasteiger partial charge < -0.3 is 10.4 Å². The molecule has 1 amide bonds. The molecule has 1 rings (SSSR count). The van der Waals surface area contributed by atoms with E-state index in [1.165, 1.54) is 31.3 Å². The molecule has 0 heterocycles. The topological polar surface area (TPSA) is 113 Å². The van der Waals surface area contributed by atoms with Gasteiger partial charge in [0.2, 0.25) is 10.0 Å². The minimum atomic E-state index is -3.95. The van der Waals surface area contributed by atoms with Crippen molar-refractivity contribution >= 4 is 21.9 Å². The molecule has 8 heteroatoms. The lowest BCUT2D eigenvalue weighted by Crippen LogP contribution is -2.40. The number of benzene rings is 1. The summed E-state index contributed by atoms with van der Waals surface area (Å²) in [5, 5.41) is 11.5. The van der Waals surface area contributed by atoms with E-state index in [1.807, 2.05) is 6.92 Å². The molecule has 22 heavy (non-hydrogen) atoms. The van der Waals surface area contributed by atoms with Gasteiger partial charge in [0, 0.05) is 12.6 Å². The zero-order valence-electron chi connectivity index (χ0n) is 12.5. The summed E-state index contributed by atoms with van der Waals surface area (Å²) in [5.74, 6) is -1.54. The van der Waals surface area contributed by atoms with E-state index in [4.69, 9.17) is 5.11 Å². The first kappa shape index (κ1) is 18.1. The van der Waals surface area contributed by atoms with Gasteiger partial charge in [0.1, 0.15) is 6.04 Å². The van der Waals surface area contributed by atoms with Gasteiger partial charge >= 0.3 is 5.97 Å². The molecule has 0 bridgehead atoms. The zero-order valence-corrected chi connectivity index (χ0v) is 13.3. The first-order valence-corrected chi connectivity index (χ1v) is 8.37. The summed E-state index contributed by atoms with van der Waals surface area (Å²) in [5.41, 5.74) is 0.321. The third kappa shape index (κ3) is 4.81. The van der Waals surface area contributed by atoms with E-state index < -0.39 is 22.0 Å². The Balaban J connectivity index is 2.93. The van der Waals surface area contributed by atoms with E-state index in [2.05, 4.69) is 10.0 Å². The fourth-order valence-electron chi connectivity index (χ4n) is 1.83. The van der Waals surface area contributed by atoms with Gasteiger partial charge in [-0.05, 0) is 30.7 Å². The van der Waals surface area contributed by atoms with Crippen LogP contribution in [0.4, 0.5) is 0 Å². The summed E-state index contributed by atoms with van der Waals surface area (Å²) in [4.78, 5) is 22.4. The van der Waals surface area contributed by atoms with Gasteiger partial charge in [-0.15, -0.1) is 0 Å². The van der Waals surface area contributed by atoms with Gasteiger partial charge in [-0.2, -0.15) is 4.72 Å². The first-order valence-electron chi connectivity index (χ1n) is 6.89. The van der Waals surface area contributed by atoms with Gasteiger partial charge in [-0.25, -0.2) is 8.42 Å². The average Bonchev–Trinajstić information content (AvgIpc) is 2.50. The number of hydrogen-bond acceptors (Lipinski definition) is 4. The van der Waals surface area contributed by atoms with Crippen molar-refractivity contribution in [2.45, 2.75) is 37.1 Å². The molecule has 0 saturated carbocycles. The Kier molecular flexibility index (Phi) is 6.51. The Morgan fingerprint density at radius 1 is 1.23 bits per heavy atom. The van der Waals surface area contributed by atoms with E-state index in [1.54, 1.807) is 0 Å². The van der Waals surface area contributed by atoms with Crippen LogP contribution in [0.2, 0.25) is 0 Å².